The number of halogens is 1. The van der Waals surface area contributed by atoms with Crippen molar-refractivity contribution in [2.45, 2.75) is 36.8 Å². The van der Waals surface area contributed by atoms with E-state index in [2.05, 4.69) is 70.8 Å². The van der Waals surface area contributed by atoms with Crippen molar-refractivity contribution in [2.24, 2.45) is 0 Å². The van der Waals surface area contributed by atoms with Crippen molar-refractivity contribution in [3.63, 3.8) is 0 Å². The van der Waals surface area contributed by atoms with Gasteiger partial charge in [0.2, 0.25) is 0 Å². The summed E-state index contributed by atoms with van der Waals surface area (Å²) in [5, 5.41) is 5.06. The summed E-state index contributed by atoms with van der Waals surface area (Å²) in [7, 11) is 1.75. The second kappa shape index (κ2) is 8.70. The van der Waals surface area contributed by atoms with Crippen molar-refractivity contribution in [1.82, 2.24) is 5.32 Å². The van der Waals surface area contributed by atoms with Crippen molar-refractivity contribution in [3.05, 3.63) is 28.2 Å². The third-order valence-electron chi connectivity index (χ3n) is 3.78. The molecule has 3 atom stereocenters. The first-order chi connectivity index (χ1) is 10.2. The van der Waals surface area contributed by atoms with Crippen LogP contribution in [-0.4, -0.2) is 41.7 Å². The van der Waals surface area contributed by atoms with Crippen LogP contribution in [0.3, 0.4) is 0 Å². The highest BCUT2D eigenvalue weighted by atomic mass is 79.9. The number of nitrogens with one attached hydrogen (secondary N) is 1. The van der Waals surface area contributed by atoms with Gasteiger partial charge in [0.1, 0.15) is 5.75 Å². The fourth-order valence-corrected chi connectivity index (χ4v) is 6.17. The lowest BCUT2D eigenvalue weighted by atomic mass is 10.0. The molecule has 1 fully saturated rings. The predicted octanol–water partition coefficient (Wildman–Crippen LogP) is 4.22. The highest BCUT2D eigenvalue weighted by molar-refractivity contribution is 9.10. The zero-order valence-electron chi connectivity index (χ0n) is 12.9. The normalized spacial score (nSPS) is 23.8. The molecule has 1 heterocycles. The van der Waals surface area contributed by atoms with Crippen molar-refractivity contribution in [1.29, 1.82) is 0 Å². The van der Waals surface area contributed by atoms with E-state index in [-0.39, 0.29) is 0 Å². The van der Waals surface area contributed by atoms with Crippen LogP contribution in [0.2, 0.25) is 0 Å². The average Bonchev–Trinajstić information content (AvgIpc) is 2.48. The molecule has 2 rings (SSSR count). The number of likely N-dealkylation sites (N-methyl/N-ethyl adjacent to an activating group) is 1. The first kappa shape index (κ1) is 17.5. The first-order valence-electron chi connectivity index (χ1n) is 7.44. The van der Waals surface area contributed by atoms with Crippen LogP contribution in [0.5, 0.6) is 5.75 Å². The van der Waals surface area contributed by atoms with Crippen molar-refractivity contribution in [2.75, 3.05) is 25.2 Å². The molecule has 1 saturated heterocycles. The van der Waals surface area contributed by atoms with Gasteiger partial charge in [0.15, 0.2) is 0 Å². The van der Waals surface area contributed by atoms with E-state index in [0.29, 0.717) is 16.5 Å². The van der Waals surface area contributed by atoms with Crippen molar-refractivity contribution < 1.29 is 4.74 Å². The number of ether oxygens (including phenoxy) is 1. The van der Waals surface area contributed by atoms with Crippen LogP contribution < -0.4 is 10.1 Å². The number of thioether (sulfide) groups is 2. The second-order valence-electron chi connectivity index (χ2n) is 5.24. The van der Waals surface area contributed by atoms with E-state index in [1.165, 1.54) is 17.1 Å². The molecule has 3 unspecified atom stereocenters. The highest BCUT2D eigenvalue weighted by Crippen LogP contribution is 2.35. The minimum absolute atomic E-state index is 0.492. The van der Waals surface area contributed by atoms with Crippen LogP contribution >= 0.6 is 39.5 Å². The molecule has 1 aliphatic rings. The zero-order valence-corrected chi connectivity index (χ0v) is 16.1. The molecular formula is C16H24BrNOS2. The van der Waals surface area contributed by atoms with E-state index < -0.39 is 0 Å². The van der Waals surface area contributed by atoms with Gasteiger partial charge in [0.25, 0.3) is 0 Å². The minimum atomic E-state index is 0.492. The Labute approximate surface area is 145 Å². The second-order valence-corrected chi connectivity index (χ2v) is 8.92. The Morgan fingerprint density at radius 2 is 2.14 bits per heavy atom. The van der Waals surface area contributed by atoms with Crippen LogP contribution in [0.4, 0.5) is 0 Å². The summed E-state index contributed by atoms with van der Waals surface area (Å²) in [6.45, 7) is 5.57. The van der Waals surface area contributed by atoms with Crippen LogP contribution in [0.25, 0.3) is 0 Å². The van der Waals surface area contributed by atoms with E-state index in [1.807, 2.05) is 6.07 Å². The third kappa shape index (κ3) is 4.81. The van der Waals surface area contributed by atoms with Crippen LogP contribution in [0, 0.1) is 0 Å². The molecule has 1 N–H and O–H groups in total. The molecule has 0 spiro atoms. The van der Waals surface area contributed by atoms with Gasteiger partial charge < -0.3 is 10.1 Å². The highest BCUT2D eigenvalue weighted by Gasteiger charge is 2.30. The molecule has 21 heavy (non-hydrogen) atoms. The molecule has 1 aromatic rings. The molecule has 1 aromatic carbocycles. The molecular weight excluding hydrogens is 366 g/mol. The maximum Gasteiger partial charge on any atom is 0.122 e. The number of hydrogen-bond donors (Lipinski definition) is 1. The fraction of sp³-hybridized carbons (Fsp3) is 0.625. The Morgan fingerprint density at radius 3 is 2.81 bits per heavy atom. The quantitative estimate of drug-likeness (QED) is 0.785. The molecule has 0 aliphatic carbocycles. The summed E-state index contributed by atoms with van der Waals surface area (Å²) in [5.74, 6) is 3.53. The van der Waals surface area contributed by atoms with Gasteiger partial charge in [-0.2, -0.15) is 23.5 Å². The summed E-state index contributed by atoms with van der Waals surface area (Å²) in [6.07, 6.45) is 1.01. The monoisotopic (exact) mass is 389 g/mol. The van der Waals surface area contributed by atoms with Crippen molar-refractivity contribution >= 4 is 39.5 Å². The van der Waals surface area contributed by atoms with Gasteiger partial charge >= 0.3 is 0 Å². The Balaban J connectivity index is 2.17. The molecule has 0 bridgehead atoms. The van der Waals surface area contributed by atoms with Crippen molar-refractivity contribution in [3.8, 4) is 5.75 Å². The van der Waals surface area contributed by atoms with Gasteiger partial charge in [-0.1, -0.05) is 29.8 Å². The van der Waals surface area contributed by atoms with Gasteiger partial charge in [0, 0.05) is 32.5 Å². The molecule has 5 heteroatoms. The standard InChI is InChI=1S/C16H24BrNOS2/c1-4-18-14(16-11(2)20-7-8-21-16)10-12-9-13(17)5-6-15(12)19-3/h5-6,9,11,14,16,18H,4,7-8,10H2,1-3H3. The van der Waals surface area contributed by atoms with Gasteiger partial charge in [-0.15, -0.1) is 0 Å². The van der Waals surface area contributed by atoms with Gasteiger partial charge in [-0.25, -0.2) is 0 Å². The molecule has 0 amide bonds. The van der Waals surface area contributed by atoms with Crippen LogP contribution in [-0.2, 0) is 6.42 Å². The third-order valence-corrected chi connectivity index (χ3v) is 7.53. The van der Waals surface area contributed by atoms with E-state index in [1.54, 1.807) is 7.11 Å². The summed E-state index contributed by atoms with van der Waals surface area (Å²) in [6, 6.07) is 6.77. The lowest BCUT2D eigenvalue weighted by Gasteiger charge is -2.35. The summed E-state index contributed by atoms with van der Waals surface area (Å²) in [4.78, 5) is 0. The van der Waals surface area contributed by atoms with E-state index in [0.717, 1.165) is 23.2 Å². The first-order valence-corrected chi connectivity index (χ1v) is 10.3. The van der Waals surface area contributed by atoms with E-state index >= 15 is 0 Å². The van der Waals surface area contributed by atoms with Gasteiger partial charge in [0.05, 0.1) is 7.11 Å². The summed E-state index contributed by atoms with van der Waals surface area (Å²) in [5.41, 5.74) is 1.28. The minimum Gasteiger partial charge on any atom is -0.496 e. The Kier molecular flexibility index (Phi) is 7.26. The van der Waals surface area contributed by atoms with Gasteiger partial charge in [-0.05, 0) is 36.7 Å². The average molecular weight is 390 g/mol. The van der Waals surface area contributed by atoms with E-state index in [4.69, 9.17) is 4.74 Å². The number of benzene rings is 1. The number of hydrogen-bond acceptors (Lipinski definition) is 4. The SMILES string of the molecule is CCNC(Cc1cc(Br)ccc1OC)C1SCCSC1C. The number of methoxy groups -OCH3 is 1. The largest absolute Gasteiger partial charge is 0.496 e. The summed E-state index contributed by atoms with van der Waals surface area (Å²) < 4.78 is 6.65. The summed E-state index contributed by atoms with van der Waals surface area (Å²) >= 11 is 7.80. The topological polar surface area (TPSA) is 21.3 Å². The zero-order chi connectivity index (χ0) is 15.2. The molecule has 0 saturated carbocycles. The molecule has 0 radical (unpaired) electrons. The maximum atomic E-state index is 5.53. The lowest BCUT2D eigenvalue weighted by Crippen LogP contribution is -2.45. The lowest BCUT2D eigenvalue weighted by molar-refractivity contribution is 0.403. The maximum absolute atomic E-state index is 5.53. The fourth-order valence-electron chi connectivity index (χ4n) is 2.80. The van der Waals surface area contributed by atoms with Crippen LogP contribution in [0.1, 0.15) is 19.4 Å². The van der Waals surface area contributed by atoms with Crippen LogP contribution in [0.15, 0.2) is 22.7 Å². The Morgan fingerprint density at radius 1 is 1.38 bits per heavy atom. The molecule has 1 aliphatic heterocycles. The van der Waals surface area contributed by atoms with E-state index in [9.17, 15) is 0 Å². The number of rotatable bonds is 6. The Hall–Kier alpha value is 0.160. The van der Waals surface area contributed by atoms with Gasteiger partial charge in [-0.3, -0.25) is 0 Å². The predicted molar refractivity (Wildman–Crippen MR) is 100 cm³/mol. The smallest absolute Gasteiger partial charge is 0.122 e. The molecule has 118 valence electrons. The Bertz CT molecular complexity index is 458. The molecule has 0 aromatic heterocycles. The molecule has 2 nitrogen and oxygen atoms in total.